The highest BCUT2D eigenvalue weighted by Crippen LogP contribution is 2.27. The summed E-state index contributed by atoms with van der Waals surface area (Å²) >= 11 is 7.32. The smallest absolute Gasteiger partial charge is 0.230 e. The van der Waals surface area contributed by atoms with Crippen LogP contribution in [0.2, 0.25) is 5.02 Å². The number of nitrogens with zero attached hydrogens (tertiary/aromatic N) is 3. The number of benzene rings is 2. The summed E-state index contributed by atoms with van der Waals surface area (Å²) in [6.45, 7) is 6.67. The minimum absolute atomic E-state index is 0.126. The van der Waals surface area contributed by atoms with Crippen molar-refractivity contribution in [2.24, 2.45) is 5.92 Å². The van der Waals surface area contributed by atoms with E-state index in [0.717, 1.165) is 5.56 Å². The van der Waals surface area contributed by atoms with Gasteiger partial charge in [-0.1, -0.05) is 61.5 Å². The first-order valence-electron chi connectivity index (χ1n) is 9.71. The van der Waals surface area contributed by atoms with Crippen LogP contribution in [0.3, 0.4) is 0 Å². The van der Waals surface area contributed by atoms with E-state index in [9.17, 15) is 9.18 Å². The third-order valence-corrected chi connectivity index (χ3v) is 5.64. The first kappa shape index (κ1) is 22.3. The van der Waals surface area contributed by atoms with Gasteiger partial charge in [-0.3, -0.25) is 4.79 Å². The van der Waals surface area contributed by atoms with Crippen molar-refractivity contribution in [3.8, 4) is 11.4 Å². The lowest BCUT2D eigenvalue weighted by Crippen LogP contribution is -2.28. The molecule has 1 amide bonds. The maximum Gasteiger partial charge on any atom is 0.230 e. The number of hydrogen-bond acceptors (Lipinski definition) is 4. The number of carbonyl (C=O) groups is 1. The van der Waals surface area contributed by atoms with E-state index in [-0.39, 0.29) is 23.5 Å². The van der Waals surface area contributed by atoms with Gasteiger partial charge < -0.3 is 9.88 Å². The second kappa shape index (κ2) is 10.1. The predicted octanol–water partition coefficient (Wildman–Crippen LogP) is 5.36. The fourth-order valence-corrected chi connectivity index (χ4v) is 4.00. The quantitative estimate of drug-likeness (QED) is 0.473. The number of hydrogen-bond donors (Lipinski definition) is 1. The molecule has 0 radical (unpaired) electrons. The fraction of sp³-hybridized carbons (Fsp3) is 0.318. The maximum atomic E-state index is 14.3. The molecule has 1 atom stereocenters. The molecule has 0 fully saturated rings. The molecule has 0 aliphatic heterocycles. The Labute approximate surface area is 185 Å². The van der Waals surface area contributed by atoms with Crippen molar-refractivity contribution in [1.82, 2.24) is 20.1 Å². The van der Waals surface area contributed by atoms with E-state index in [4.69, 9.17) is 11.6 Å². The van der Waals surface area contributed by atoms with Crippen LogP contribution in [0.25, 0.3) is 11.4 Å². The molecule has 0 aliphatic rings. The number of aromatic nitrogens is 3. The van der Waals surface area contributed by atoms with Crippen LogP contribution in [0.1, 0.15) is 32.4 Å². The topological polar surface area (TPSA) is 59.8 Å². The molecule has 0 bridgehead atoms. The van der Waals surface area contributed by atoms with E-state index in [0.29, 0.717) is 34.0 Å². The van der Waals surface area contributed by atoms with Crippen molar-refractivity contribution < 1.29 is 9.18 Å². The van der Waals surface area contributed by atoms with Crippen molar-refractivity contribution in [3.05, 3.63) is 64.9 Å². The average Bonchev–Trinajstić information content (AvgIpc) is 3.08. The molecule has 0 saturated carbocycles. The lowest BCUT2D eigenvalue weighted by molar-refractivity contribution is -0.119. The van der Waals surface area contributed by atoms with E-state index in [1.807, 2.05) is 29.7 Å². The molecule has 0 spiro atoms. The summed E-state index contributed by atoms with van der Waals surface area (Å²) in [4.78, 5) is 12.5. The molecule has 0 aliphatic carbocycles. The number of nitrogens with one attached hydrogen (secondary N) is 1. The standard InChI is InChI=1S/C22H24ClFN4OS/c1-14(2)12-28-21(18-9-4-5-10-19(18)24)26-27-22(28)30-13-20(29)25-15(3)16-7-6-8-17(23)11-16/h4-11,14-15H,12-13H2,1-3H3,(H,25,29). The minimum Gasteiger partial charge on any atom is -0.349 e. The maximum absolute atomic E-state index is 14.3. The summed E-state index contributed by atoms with van der Waals surface area (Å²) in [6.07, 6.45) is 0. The third kappa shape index (κ3) is 5.61. The van der Waals surface area contributed by atoms with Gasteiger partial charge in [-0.2, -0.15) is 0 Å². The van der Waals surface area contributed by atoms with E-state index < -0.39 is 0 Å². The van der Waals surface area contributed by atoms with Gasteiger partial charge in [0.05, 0.1) is 17.4 Å². The first-order valence-corrected chi connectivity index (χ1v) is 11.1. The number of amides is 1. The van der Waals surface area contributed by atoms with Gasteiger partial charge in [-0.05, 0) is 42.7 Å². The van der Waals surface area contributed by atoms with E-state index >= 15 is 0 Å². The van der Waals surface area contributed by atoms with Crippen LogP contribution in [0.15, 0.2) is 53.7 Å². The van der Waals surface area contributed by atoms with Crippen molar-refractivity contribution in [3.63, 3.8) is 0 Å². The zero-order valence-corrected chi connectivity index (χ0v) is 18.7. The molecule has 1 aromatic heterocycles. The van der Waals surface area contributed by atoms with E-state index in [2.05, 4.69) is 29.4 Å². The number of thioether (sulfide) groups is 1. The zero-order valence-electron chi connectivity index (χ0n) is 17.1. The molecule has 1 unspecified atom stereocenters. The average molecular weight is 447 g/mol. The molecule has 30 heavy (non-hydrogen) atoms. The van der Waals surface area contributed by atoms with Gasteiger partial charge in [0.25, 0.3) is 0 Å². The molecule has 8 heteroatoms. The second-order valence-corrected chi connectivity index (χ2v) is 8.80. The Hall–Kier alpha value is -2.38. The number of carbonyl (C=O) groups excluding carboxylic acids is 1. The highest BCUT2D eigenvalue weighted by molar-refractivity contribution is 7.99. The molecular weight excluding hydrogens is 423 g/mol. The van der Waals surface area contributed by atoms with Gasteiger partial charge in [-0.25, -0.2) is 4.39 Å². The first-order chi connectivity index (χ1) is 14.3. The van der Waals surface area contributed by atoms with Crippen LogP contribution in [-0.2, 0) is 11.3 Å². The Bertz CT molecular complexity index is 1020. The Morgan fingerprint density at radius 2 is 1.93 bits per heavy atom. The number of halogens is 2. The van der Waals surface area contributed by atoms with Crippen molar-refractivity contribution in [1.29, 1.82) is 0 Å². The summed E-state index contributed by atoms with van der Waals surface area (Å²) in [7, 11) is 0. The van der Waals surface area contributed by atoms with Crippen molar-refractivity contribution in [2.45, 2.75) is 38.5 Å². The SMILES string of the molecule is CC(C)Cn1c(SCC(=O)NC(C)c2cccc(Cl)c2)nnc1-c1ccccc1F. The molecule has 5 nitrogen and oxygen atoms in total. The normalized spacial score (nSPS) is 12.2. The largest absolute Gasteiger partial charge is 0.349 e. The predicted molar refractivity (Wildman–Crippen MR) is 119 cm³/mol. The molecule has 0 saturated heterocycles. The Kier molecular flexibility index (Phi) is 7.50. The molecular formula is C22H24ClFN4OS. The zero-order chi connectivity index (χ0) is 21.7. The van der Waals surface area contributed by atoms with Gasteiger partial charge in [0.1, 0.15) is 5.82 Å². The van der Waals surface area contributed by atoms with Gasteiger partial charge in [0.15, 0.2) is 11.0 Å². The van der Waals surface area contributed by atoms with Gasteiger partial charge in [0.2, 0.25) is 5.91 Å². The van der Waals surface area contributed by atoms with Gasteiger partial charge >= 0.3 is 0 Å². The highest BCUT2D eigenvalue weighted by Gasteiger charge is 2.19. The second-order valence-electron chi connectivity index (χ2n) is 7.42. The van der Waals surface area contributed by atoms with Gasteiger partial charge in [-0.15, -0.1) is 10.2 Å². The molecule has 2 aromatic carbocycles. The van der Waals surface area contributed by atoms with E-state index in [1.165, 1.54) is 17.8 Å². The lowest BCUT2D eigenvalue weighted by Gasteiger charge is -2.15. The van der Waals surface area contributed by atoms with Crippen LogP contribution in [-0.4, -0.2) is 26.4 Å². The number of rotatable bonds is 8. The fourth-order valence-electron chi connectivity index (χ4n) is 3.04. The van der Waals surface area contributed by atoms with Crippen LogP contribution < -0.4 is 5.32 Å². The van der Waals surface area contributed by atoms with Crippen LogP contribution >= 0.6 is 23.4 Å². The Morgan fingerprint density at radius 1 is 1.17 bits per heavy atom. The molecule has 3 rings (SSSR count). The Balaban J connectivity index is 1.71. The summed E-state index contributed by atoms with van der Waals surface area (Å²) in [5.74, 6) is 0.483. The van der Waals surface area contributed by atoms with Crippen LogP contribution in [0, 0.1) is 11.7 Å². The van der Waals surface area contributed by atoms with Crippen molar-refractivity contribution >= 4 is 29.3 Å². The third-order valence-electron chi connectivity index (χ3n) is 4.44. The summed E-state index contributed by atoms with van der Waals surface area (Å²) < 4.78 is 16.2. The van der Waals surface area contributed by atoms with E-state index in [1.54, 1.807) is 24.3 Å². The lowest BCUT2D eigenvalue weighted by atomic mass is 10.1. The van der Waals surface area contributed by atoms with Crippen molar-refractivity contribution in [2.75, 3.05) is 5.75 Å². The van der Waals surface area contributed by atoms with Crippen LogP contribution in [0.4, 0.5) is 4.39 Å². The summed E-state index contributed by atoms with van der Waals surface area (Å²) in [5, 5.41) is 12.6. The summed E-state index contributed by atoms with van der Waals surface area (Å²) in [6, 6.07) is 13.7. The highest BCUT2D eigenvalue weighted by atomic mass is 35.5. The molecule has 1 heterocycles. The Morgan fingerprint density at radius 3 is 2.63 bits per heavy atom. The monoisotopic (exact) mass is 446 g/mol. The van der Waals surface area contributed by atoms with Gasteiger partial charge in [0, 0.05) is 11.6 Å². The van der Waals surface area contributed by atoms with Crippen LogP contribution in [0.5, 0.6) is 0 Å². The molecule has 3 aromatic rings. The minimum atomic E-state index is -0.348. The molecule has 158 valence electrons. The molecule has 1 N–H and O–H groups in total. The summed E-state index contributed by atoms with van der Waals surface area (Å²) in [5.41, 5.74) is 1.34.